The molecule has 0 radical (unpaired) electrons. The number of aromatic nitrogens is 4. The lowest BCUT2D eigenvalue weighted by atomic mass is 10.0. The molecule has 1 heterocycles. The molecule has 0 aliphatic rings. The van der Waals surface area contributed by atoms with Gasteiger partial charge in [-0.1, -0.05) is 31.2 Å². The number of nitrogens with zero attached hydrogens (tertiary/aromatic N) is 3. The van der Waals surface area contributed by atoms with Crippen LogP contribution in [0.25, 0.3) is 11.4 Å². The van der Waals surface area contributed by atoms with E-state index in [0.717, 1.165) is 11.1 Å². The molecule has 0 saturated heterocycles. The lowest BCUT2D eigenvalue weighted by Gasteiger charge is -2.13. The number of benzene rings is 3. The SMILES string of the molecule is CCC(=O)c1ccc(OCc2ccc(Oc3cccc(-c4nn[nH]n4)c3)cc2)c(C)c1O. The Kier molecular flexibility index (Phi) is 6.12. The summed E-state index contributed by atoms with van der Waals surface area (Å²) in [5.41, 5.74) is 2.60. The van der Waals surface area contributed by atoms with Gasteiger partial charge < -0.3 is 14.6 Å². The summed E-state index contributed by atoms with van der Waals surface area (Å²) < 4.78 is 11.8. The number of H-pyrrole nitrogens is 1. The van der Waals surface area contributed by atoms with Gasteiger partial charge in [0.2, 0.25) is 5.82 Å². The third-order valence-electron chi connectivity index (χ3n) is 4.99. The van der Waals surface area contributed by atoms with Crippen molar-refractivity contribution < 1.29 is 19.4 Å². The predicted molar refractivity (Wildman–Crippen MR) is 118 cm³/mol. The first-order valence-electron chi connectivity index (χ1n) is 10.1. The molecular formula is C24H22N4O4. The van der Waals surface area contributed by atoms with Gasteiger partial charge >= 0.3 is 0 Å². The number of hydrogen-bond acceptors (Lipinski definition) is 7. The summed E-state index contributed by atoms with van der Waals surface area (Å²) in [7, 11) is 0. The summed E-state index contributed by atoms with van der Waals surface area (Å²) in [6, 6.07) is 18.3. The molecule has 0 saturated carbocycles. The highest BCUT2D eigenvalue weighted by Crippen LogP contribution is 2.32. The maximum Gasteiger partial charge on any atom is 0.204 e. The Balaban J connectivity index is 1.40. The fourth-order valence-electron chi connectivity index (χ4n) is 3.19. The minimum absolute atomic E-state index is 0.0267. The van der Waals surface area contributed by atoms with Crippen molar-refractivity contribution in [3.63, 3.8) is 0 Å². The molecule has 8 heteroatoms. The molecule has 0 fully saturated rings. The van der Waals surface area contributed by atoms with E-state index >= 15 is 0 Å². The fourth-order valence-corrected chi connectivity index (χ4v) is 3.19. The van der Waals surface area contributed by atoms with Gasteiger partial charge in [0.1, 0.15) is 29.6 Å². The number of carbonyl (C=O) groups excluding carboxylic acids is 1. The minimum atomic E-state index is -0.101. The Morgan fingerprint density at radius 2 is 1.88 bits per heavy atom. The van der Waals surface area contributed by atoms with Crippen LogP contribution >= 0.6 is 0 Å². The van der Waals surface area contributed by atoms with Crippen molar-refractivity contribution in [1.82, 2.24) is 20.6 Å². The first kappa shape index (κ1) is 21.0. The summed E-state index contributed by atoms with van der Waals surface area (Å²) >= 11 is 0. The number of Topliss-reactive ketones (excluding diaryl/α,β-unsaturated/α-hetero) is 1. The third-order valence-corrected chi connectivity index (χ3v) is 4.99. The Labute approximate surface area is 184 Å². The van der Waals surface area contributed by atoms with Crippen LogP contribution in [-0.4, -0.2) is 31.5 Å². The Morgan fingerprint density at radius 3 is 2.59 bits per heavy atom. The number of ketones is 1. The maximum atomic E-state index is 11.9. The molecule has 0 amide bonds. The van der Waals surface area contributed by atoms with E-state index in [-0.39, 0.29) is 11.5 Å². The first-order chi connectivity index (χ1) is 15.5. The summed E-state index contributed by atoms with van der Waals surface area (Å²) in [6.45, 7) is 3.81. The number of phenolic OH excluding ortho intramolecular Hbond substituents is 1. The zero-order chi connectivity index (χ0) is 22.5. The molecule has 4 aromatic rings. The molecule has 32 heavy (non-hydrogen) atoms. The molecule has 0 unspecified atom stereocenters. The molecule has 1 aromatic heterocycles. The number of carbonyl (C=O) groups is 1. The highest BCUT2D eigenvalue weighted by Gasteiger charge is 2.15. The largest absolute Gasteiger partial charge is 0.507 e. The molecule has 0 atom stereocenters. The number of tetrazole rings is 1. The van der Waals surface area contributed by atoms with Crippen LogP contribution < -0.4 is 9.47 Å². The smallest absolute Gasteiger partial charge is 0.204 e. The van der Waals surface area contributed by atoms with Crippen molar-refractivity contribution >= 4 is 5.78 Å². The Bertz CT molecular complexity index is 1220. The van der Waals surface area contributed by atoms with Gasteiger partial charge in [0.15, 0.2) is 5.78 Å². The third kappa shape index (κ3) is 4.59. The standard InChI is InChI=1S/C24H22N4O4/c1-3-21(29)20-11-12-22(15(2)23(20)30)31-14-16-7-9-18(10-8-16)32-19-6-4-5-17(13-19)24-25-27-28-26-24/h4-13,30H,3,14H2,1-2H3,(H,25,26,27,28). The van der Waals surface area contributed by atoms with Crippen molar-refractivity contribution in [2.75, 3.05) is 0 Å². The molecular weight excluding hydrogens is 408 g/mol. The van der Waals surface area contributed by atoms with Gasteiger partial charge in [-0.3, -0.25) is 4.79 Å². The van der Waals surface area contributed by atoms with Crippen molar-refractivity contribution in [1.29, 1.82) is 0 Å². The van der Waals surface area contributed by atoms with E-state index in [1.54, 1.807) is 26.0 Å². The number of aromatic amines is 1. The number of hydrogen-bond donors (Lipinski definition) is 2. The highest BCUT2D eigenvalue weighted by molar-refractivity contribution is 5.99. The van der Waals surface area contributed by atoms with Crippen LogP contribution in [-0.2, 0) is 6.61 Å². The molecule has 4 rings (SSSR count). The van der Waals surface area contributed by atoms with E-state index in [9.17, 15) is 9.90 Å². The number of rotatable bonds is 8. The normalized spacial score (nSPS) is 10.7. The second-order valence-electron chi connectivity index (χ2n) is 7.16. The van der Waals surface area contributed by atoms with Crippen LogP contribution in [0.3, 0.4) is 0 Å². The first-order valence-corrected chi connectivity index (χ1v) is 10.1. The van der Waals surface area contributed by atoms with E-state index in [1.807, 2.05) is 48.5 Å². The molecule has 162 valence electrons. The van der Waals surface area contributed by atoms with Gasteiger partial charge in [-0.25, -0.2) is 0 Å². The van der Waals surface area contributed by atoms with Gasteiger partial charge in [0.05, 0.1) is 5.56 Å². The molecule has 0 aliphatic heterocycles. The van der Waals surface area contributed by atoms with Crippen LogP contribution in [0, 0.1) is 6.92 Å². The summed E-state index contributed by atoms with van der Waals surface area (Å²) in [5.74, 6) is 2.24. The monoisotopic (exact) mass is 430 g/mol. The van der Waals surface area contributed by atoms with Crippen molar-refractivity contribution in [2.45, 2.75) is 26.9 Å². The average Bonchev–Trinajstić information content (AvgIpc) is 3.36. The summed E-state index contributed by atoms with van der Waals surface area (Å²) in [6.07, 6.45) is 0.336. The lowest BCUT2D eigenvalue weighted by Crippen LogP contribution is -2.01. The van der Waals surface area contributed by atoms with Gasteiger partial charge in [-0.15, -0.1) is 10.2 Å². The second-order valence-corrected chi connectivity index (χ2v) is 7.16. The molecule has 0 bridgehead atoms. The molecule has 0 spiro atoms. The van der Waals surface area contributed by atoms with Crippen LogP contribution in [0.1, 0.15) is 34.8 Å². The minimum Gasteiger partial charge on any atom is -0.507 e. The Hall–Kier alpha value is -4.20. The van der Waals surface area contributed by atoms with E-state index < -0.39 is 0 Å². The summed E-state index contributed by atoms with van der Waals surface area (Å²) in [5, 5.41) is 24.2. The predicted octanol–water partition coefficient (Wildman–Crippen LogP) is 4.84. The van der Waals surface area contributed by atoms with Crippen molar-refractivity contribution in [2.24, 2.45) is 0 Å². The lowest BCUT2D eigenvalue weighted by molar-refractivity contribution is 0.0985. The van der Waals surface area contributed by atoms with Crippen LogP contribution in [0.4, 0.5) is 0 Å². The van der Waals surface area contributed by atoms with E-state index in [4.69, 9.17) is 9.47 Å². The fraction of sp³-hybridized carbons (Fsp3) is 0.167. The molecule has 3 aromatic carbocycles. The second kappa shape index (κ2) is 9.30. The van der Waals surface area contributed by atoms with Gasteiger partial charge in [-0.05, 0) is 54.1 Å². The van der Waals surface area contributed by atoms with Crippen molar-refractivity contribution in [3.05, 3.63) is 77.4 Å². The number of nitrogens with one attached hydrogen (secondary N) is 1. The topological polar surface area (TPSA) is 110 Å². The molecule has 0 aliphatic carbocycles. The summed E-state index contributed by atoms with van der Waals surface area (Å²) in [4.78, 5) is 11.9. The zero-order valence-electron chi connectivity index (χ0n) is 17.7. The van der Waals surface area contributed by atoms with Gasteiger partial charge in [0.25, 0.3) is 0 Å². The number of aromatic hydroxyl groups is 1. The van der Waals surface area contributed by atoms with Crippen LogP contribution in [0.15, 0.2) is 60.7 Å². The highest BCUT2D eigenvalue weighted by atomic mass is 16.5. The molecule has 8 nitrogen and oxygen atoms in total. The number of ether oxygens (including phenoxy) is 2. The molecule has 2 N–H and O–H groups in total. The van der Waals surface area contributed by atoms with Gasteiger partial charge in [-0.2, -0.15) is 5.21 Å². The Morgan fingerprint density at radius 1 is 1.06 bits per heavy atom. The van der Waals surface area contributed by atoms with E-state index in [1.165, 1.54) is 0 Å². The van der Waals surface area contributed by atoms with E-state index in [0.29, 0.717) is 47.2 Å². The van der Waals surface area contributed by atoms with Crippen LogP contribution in [0.2, 0.25) is 0 Å². The zero-order valence-corrected chi connectivity index (χ0v) is 17.7. The van der Waals surface area contributed by atoms with Crippen molar-refractivity contribution in [3.8, 4) is 34.4 Å². The van der Waals surface area contributed by atoms with Gasteiger partial charge in [0, 0.05) is 17.5 Å². The quantitative estimate of drug-likeness (QED) is 0.385. The maximum absolute atomic E-state index is 11.9. The van der Waals surface area contributed by atoms with Crippen LogP contribution in [0.5, 0.6) is 23.0 Å². The average molecular weight is 430 g/mol. The van der Waals surface area contributed by atoms with E-state index in [2.05, 4.69) is 20.6 Å². The number of phenols is 1.